The van der Waals surface area contributed by atoms with E-state index in [2.05, 4.69) is 0 Å². The second-order valence-electron chi connectivity index (χ2n) is 4.39. The van der Waals surface area contributed by atoms with E-state index >= 15 is 0 Å². The Morgan fingerprint density at radius 2 is 2.19 bits per heavy atom. The quantitative estimate of drug-likeness (QED) is 0.827. The van der Waals surface area contributed by atoms with Gasteiger partial charge in [0.1, 0.15) is 5.82 Å². The Balaban J connectivity index is 2.41. The summed E-state index contributed by atoms with van der Waals surface area (Å²) in [6.07, 6.45) is 1.54. The number of hydrogen-bond donors (Lipinski definition) is 1. The Morgan fingerprint density at radius 1 is 1.56 bits per heavy atom. The van der Waals surface area contributed by atoms with Crippen molar-refractivity contribution in [1.29, 1.82) is 0 Å². The minimum atomic E-state index is -0.481. The standard InChI is InChI=1S/C12H13ClFNO/c1-7-4-9(13)8(5-10(7)14)11(16)12(6-15)2-3-12/h4-5H,2-3,6,15H2,1H3. The van der Waals surface area contributed by atoms with Gasteiger partial charge in [-0.15, -0.1) is 0 Å². The Hall–Kier alpha value is -0.930. The lowest BCUT2D eigenvalue weighted by Gasteiger charge is -2.12. The molecule has 0 spiro atoms. The fourth-order valence-electron chi connectivity index (χ4n) is 1.78. The van der Waals surface area contributed by atoms with Crippen LogP contribution in [-0.4, -0.2) is 12.3 Å². The van der Waals surface area contributed by atoms with Crippen molar-refractivity contribution in [3.63, 3.8) is 0 Å². The summed E-state index contributed by atoms with van der Waals surface area (Å²) in [5.41, 5.74) is 5.79. The zero-order valence-electron chi connectivity index (χ0n) is 9.02. The first-order chi connectivity index (χ1) is 7.50. The molecule has 1 aliphatic carbocycles. The first-order valence-electron chi connectivity index (χ1n) is 5.21. The number of halogens is 2. The molecular formula is C12H13ClFNO. The van der Waals surface area contributed by atoms with Crippen molar-refractivity contribution in [2.45, 2.75) is 19.8 Å². The number of carbonyl (C=O) groups is 1. The summed E-state index contributed by atoms with van der Waals surface area (Å²) in [5.74, 6) is -0.528. The van der Waals surface area contributed by atoms with Crippen LogP contribution in [0.1, 0.15) is 28.8 Å². The molecule has 16 heavy (non-hydrogen) atoms. The number of hydrogen-bond acceptors (Lipinski definition) is 2. The van der Waals surface area contributed by atoms with Gasteiger partial charge in [0.25, 0.3) is 0 Å². The molecule has 4 heteroatoms. The van der Waals surface area contributed by atoms with E-state index in [9.17, 15) is 9.18 Å². The highest BCUT2D eigenvalue weighted by Crippen LogP contribution is 2.48. The SMILES string of the molecule is Cc1cc(Cl)c(C(=O)C2(CN)CC2)cc1F. The summed E-state index contributed by atoms with van der Waals surface area (Å²) in [5, 5.41) is 0.309. The normalized spacial score (nSPS) is 17.2. The number of ketones is 1. The van der Waals surface area contributed by atoms with Crippen molar-refractivity contribution >= 4 is 17.4 Å². The van der Waals surface area contributed by atoms with Crippen LogP contribution in [0, 0.1) is 18.2 Å². The van der Waals surface area contributed by atoms with Gasteiger partial charge in [0, 0.05) is 17.5 Å². The predicted molar refractivity (Wildman–Crippen MR) is 61.2 cm³/mol. The molecule has 0 unspecified atom stereocenters. The fraction of sp³-hybridized carbons (Fsp3) is 0.417. The third-order valence-corrected chi connectivity index (χ3v) is 3.53. The van der Waals surface area contributed by atoms with Crippen molar-refractivity contribution in [2.24, 2.45) is 11.1 Å². The summed E-state index contributed by atoms with van der Waals surface area (Å²) in [6, 6.07) is 2.70. The molecule has 2 rings (SSSR count). The average Bonchev–Trinajstić information content (AvgIpc) is 3.03. The summed E-state index contributed by atoms with van der Waals surface area (Å²) >= 11 is 5.96. The smallest absolute Gasteiger partial charge is 0.171 e. The number of nitrogens with two attached hydrogens (primary N) is 1. The zero-order chi connectivity index (χ0) is 11.9. The molecule has 1 aliphatic rings. The maximum atomic E-state index is 13.4. The maximum absolute atomic E-state index is 13.4. The summed E-state index contributed by atoms with van der Waals surface area (Å²) in [7, 11) is 0. The predicted octanol–water partition coefficient (Wildman–Crippen LogP) is 2.71. The van der Waals surface area contributed by atoms with Gasteiger partial charge in [-0.25, -0.2) is 4.39 Å². The van der Waals surface area contributed by atoms with E-state index in [1.807, 2.05) is 0 Å². The van der Waals surface area contributed by atoms with Gasteiger partial charge in [0.05, 0.1) is 5.02 Å². The summed E-state index contributed by atoms with van der Waals surface area (Å²) < 4.78 is 13.4. The van der Waals surface area contributed by atoms with Gasteiger partial charge in [-0.05, 0) is 37.5 Å². The van der Waals surface area contributed by atoms with Gasteiger partial charge in [-0.1, -0.05) is 11.6 Å². The van der Waals surface area contributed by atoms with Crippen LogP contribution < -0.4 is 5.73 Å². The molecule has 0 atom stereocenters. The fourth-order valence-corrected chi connectivity index (χ4v) is 2.08. The molecule has 1 saturated carbocycles. The van der Waals surface area contributed by atoms with Gasteiger partial charge in [0.15, 0.2) is 5.78 Å². The second kappa shape index (κ2) is 3.82. The maximum Gasteiger partial charge on any atom is 0.171 e. The van der Waals surface area contributed by atoms with Crippen molar-refractivity contribution in [3.05, 3.63) is 34.1 Å². The second-order valence-corrected chi connectivity index (χ2v) is 4.80. The molecule has 0 heterocycles. The monoisotopic (exact) mass is 241 g/mol. The van der Waals surface area contributed by atoms with E-state index < -0.39 is 11.2 Å². The molecular weight excluding hydrogens is 229 g/mol. The zero-order valence-corrected chi connectivity index (χ0v) is 9.77. The molecule has 0 radical (unpaired) electrons. The average molecular weight is 242 g/mol. The molecule has 1 fully saturated rings. The summed E-state index contributed by atoms with van der Waals surface area (Å²) in [6.45, 7) is 1.92. The van der Waals surface area contributed by atoms with Gasteiger partial charge in [-0.3, -0.25) is 4.79 Å². The van der Waals surface area contributed by atoms with Crippen molar-refractivity contribution < 1.29 is 9.18 Å². The highest BCUT2D eigenvalue weighted by Gasteiger charge is 2.49. The van der Waals surface area contributed by atoms with Crippen molar-refractivity contribution in [3.8, 4) is 0 Å². The van der Waals surface area contributed by atoms with E-state index in [1.165, 1.54) is 12.1 Å². The molecule has 2 N–H and O–H groups in total. The highest BCUT2D eigenvalue weighted by molar-refractivity contribution is 6.34. The number of aryl methyl sites for hydroxylation is 1. The largest absolute Gasteiger partial charge is 0.329 e. The van der Waals surface area contributed by atoms with Crippen molar-refractivity contribution in [1.82, 2.24) is 0 Å². The Morgan fingerprint density at radius 3 is 2.69 bits per heavy atom. The molecule has 0 aliphatic heterocycles. The molecule has 0 aromatic heterocycles. The van der Waals surface area contributed by atoms with Gasteiger partial charge < -0.3 is 5.73 Å². The van der Waals surface area contributed by atoms with Crippen LogP contribution in [0.5, 0.6) is 0 Å². The van der Waals surface area contributed by atoms with E-state index in [4.69, 9.17) is 17.3 Å². The molecule has 1 aromatic carbocycles. The lowest BCUT2D eigenvalue weighted by molar-refractivity contribution is 0.0905. The first kappa shape index (κ1) is 11.6. The number of rotatable bonds is 3. The Kier molecular flexibility index (Phi) is 2.76. The molecule has 1 aromatic rings. The number of Topliss-reactive ketones (excluding diaryl/α,β-unsaturated/α-hetero) is 1. The van der Waals surface area contributed by atoms with Crippen LogP contribution in [0.25, 0.3) is 0 Å². The number of carbonyl (C=O) groups excluding carboxylic acids is 1. The molecule has 86 valence electrons. The van der Waals surface area contributed by atoms with E-state index in [-0.39, 0.29) is 11.3 Å². The lowest BCUT2D eigenvalue weighted by Crippen LogP contribution is -2.25. The molecule has 0 bridgehead atoms. The van der Waals surface area contributed by atoms with Crippen LogP contribution in [0.3, 0.4) is 0 Å². The van der Waals surface area contributed by atoms with Crippen LogP contribution in [0.15, 0.2) is 12.1 Å². The Bertz CT molecular complexity index is 455. The minimum Gasteiger partial charge on any atom is -0.329 e. The highest BCUT2D eigenvalue weighted by atomic mass is 35.5. The summed E-state index contributed by atoms with van der Waals surface area (Å²) in [4.78, 5) is 12.1. The number of benzene rings is 1. The first-order valence-corrected chi connectivity index (χ1v) is 5.58. The van der Waals surface area contributed by atoms with E-state index in [1.54, 1.807) is 6.92 Å². The topological polar surface area (TPSA) is 43.1 Å². The van der Waals surface area contributed by atoms with Crippen LogP contribution in [0.4, 0.5) is 4.39 Å². The van der Waals surface area contributed by atoms with Crippen LogP contribution in [0.2, 0.25) is 5.02 Å². The van der Waals surface area contributed by atoms with Crippen LogP contribution in [-0.2, 0) is 0 Å². The third-order valence-electron chi connectivity index (χ3n) is 3.22. The van der Waals surface area contributed by atoms with Crippen molar-refractivity contribution in [2.75, 3.05) is 6.54 Å². The van der Waals surface area contributed by atoms with E-state index in [0.29, 0.717) is 17.1 Å². The van der Waals surface area contributed by atoms with E-state index in [0.717, 1.165) is 12.8 Å². The minimum absolute atomic E-state index is 0.126. The molecule has 2 nitrogen and oxygen atoms in total. The molecule has 0 saturated heterocycles. The van der Waals surface area contributed by atoms with Gasteiger partial charge in [-0.2, -0.15) is 0 Å². The third kappa shape index (κ3) is 1.74. The lowest BCUT2D eigenvalue weighted by atomic mass is 9.94. The van der Waals surface area contributed by atoms with Crippen LogP contribution >= 0.6 is 11.6 Å². The molecule has 0 amide bonds. The van der Waals surface area contributed by atoms with Gasteiger partial charge in [0.2, 0.25) is 0 Å². The van der Waals surface area contributed by atoms with Gasteiger partial charge >= 0.3 is 0 Å². The Labute approximate surface area is 98.6 Å².